The highest BCUT2D eigenvalue weighted by atomic mass is 16.4. The first-order valence-corrected chi connectivity index (χ1v) is 8.96. The van der Waals surface area contributed by atoms with E-state index >= 15 is 0 Å². The van der Waals surface area contributed by atoms with Crippen LogP contribution in [0.1, 0.15) is 66.8 Å². The Kier molecular flexibility index (Phi) is 7.54. The number of carboxylic acids is 2. The van der Waals surface area contributed by atoms with Gasteiger partial charge in [0.1, 0.15) is 0 Å². The van der Waals surface area contributed by atoms with Gasteiger partial charge < -0.3 is 20.4 Å². The minimum absolute atomic E-state index is 0.0239. The minimum atomic E-state index is -1.11. The number of nitrogens with zero attached hydrogens (tertiary/aromatic N) is 1. The standard InChI is InChI=1S/C11H23NO2.C9H8O4/c1-10(2)7-9(14)8-11(3,4)12(10)5-6-13;1-5-6(8(10)11)3-2-4-7(5)9(12)13/h9,13-14H,5-8H2,1-4H3;2-4H,1H3,(H,10,11)(H,12,13). The van der Waals surface area contributed by atoms with Gasteiger partial charge in [-0.05, 0) is 65.2 Å². The van der Waals surface area contributed by atoms with Gasteiger partial charge in [-0.3, -0.25) is 4.90 Å². The van der Waals surface area contributed by atoms with Gasteiger partial charge in [0.05, 0.1) is 23.8 Å². The predicted molar refractivity (Wildman–Crippen MR) is 102 cm³/mol. The molecular formula is C20H31NO6. The van der Waals surface area contributed by atoms with Crippen LogP contribution in [-0.4, -0.2) is 67.6 Å². The molecule has 0 atom stereocenters. The summed E-state index contributed by atoms with van der Waals surface area (Å²) in [6.45, 7) is 10.9. The van der Waals surface area contributed by atoms with Crippen LogP contribution >= 0.6 is 0 Å². The van der Waals surface area contributed by atoms with Crippen molar-refractivity contribution in [2.24, 2.45) is 0 Å². The summed E-state index contributed by atoms with van der Waals surface area (Å²) in [5, 5.41) is 36.2. The highest BCUT2D eigenvalue weighted by molar-refractivity contribution is 5.96. The van der Waals surface area contributed by atoms with E-state index in [1.807, 2.05) is 0 Å². The molecule has 0 aromatic heterocycles. The number of carboxylic acid groups (broad SMARTS) is 2. The van der Waals surface area contributed by atoms with E-state index in [1.165, 1.54) is 25.1 Å². The molecule has 0 bridgehead atoms. The maximum atomic E-state index is 10.6. The number of hydrogen-bond donors (Lipinski definition) is 4. The second-order valence-corrected chi connectivity index (χ2v) is 8.15. The number of aliphatic hydroxyl groups is 2. The molecule has 1 saturated heterocycles. The molecule has 0 unspecified atom stereocenters. The normalized spacial score (nSPS) is 19.1. The number of likely N-dealkylation sites (tertiary alicyclic amines) is 1. The molecule has 7 heteroatoms. The largest absolute Gasteiger partial charge is 0.478 e. The molecule has 1 aliphatic rings. The van der Waals surface area contributed by atoms with Gasteiger partial charge in [0.25, 0.3) is 0 Å². The van der Waals surface area contributed by atoms with Crippen molar-refractivity contribution >= 4 is 11.9 Å². The maximum absolute atomic E-state index is 10.6. The van der Waals surface area contributed by atoms with Gasteiger partial charge >= 0.3 is 11.9 Å². The van der Waals surface area contributed by atoms with Crippen molar-refractivity contribution in [3.05, 3.63) is 34.9 Å². The van der Waals surface area contributed by atoms with Crippen molar-refractivity contribution < 1.29 is 30.0 Å². The zero-order valence-electron chi connectivity index (χ0n) is 16.7. The van der Waals surface area contributed by atoms with Crippen molar-refractivity contribution in [2.45, 2.75) is 64.6 Å². The predicted octanol–water partition coefficient (Wildman–Crippen LogP) is 2.38. The zero-order valence-corrected chi connectivity index (χ0v) is 16.7. The number of β-amino-alcohol motifs (C(OH)–C–C–N with tert-alkyl or cyclic N) is 1. The molecule has 1 aromatic rings. The van der Waals surface area contributed by atoms with Crippen molar-refractivity contribution in [3.8, 4) is 0 Å². The van der Waals surface area contributed by atoms with E-state index in [2.05, 4.69) is 32.6 Å². The van der Waals surface area contributed by atoms with Gasteiger partial charge in [-0.2, -0.15) is 0 Å². The van der Waals surface area contributed by atoms with Crippen molar-refractivity contribution in [2.75, 3.05) is 13.2 Å². The molecule has 0 radical (unpaired) electrons. The van der Waals surface area contributed by atoms with E-state index in [4.69, 9.17) is 15.3 Å². The molecule has 2 rings (SSSR count). The highest BCUT2D eigenvalue weighted by Crippen LogP contribution is 2.37. The molecule has 1 fully saturated rings. The lowest BCUT2D eigenvalue weighted by Crippen LogP contribution is -2.62. The Hall–Kier alpha value is -1.96. The van der Waals surface area contributed by atoms with Crippen LogP contribution < -0.4 is 0 Å². The lowest BCUT2D eigenvalue weighted by molar-refractivity contribution is -0.0858. The van der Waals surface area contributed by atoms with Crippen LogP contribution in [0, 0.1) is 6.92 Å². The summed E-state index contributed by atoms with van der Waals surface area (Å²) in [6, 6.07) is 4.17. The first-order chi connectivity index (χ1) is 12.3. The summed E-state index contributed by atoms with van der Waals surface area (Å²) >= 11 is 0. The molecule has 0 spiro atoms. The van der Waals surface area contributed by atoms with E-state index in [0.717, 1.165) is 12.8 Å². The van der Waals surface area contributed by atoms with Gasteiger partial charge in [0.15, 0.2) is 0 Å². The Morgan fingerprint density at radius 1 is 1.04 bits per heavy atom. The van der Waals surface area contributed by atoms with E-state index in [-0.39, 0.29) is 40.5 Å². The van der Waals surface area contributed by atoms with Crippen LogP contribution in [0.4, 0.5) is 0 Å². The molecule has 7 nitrogen and oxygen atoms in total. The zero-order chi connectivity index (χ0) is 21.0. The topological polar surface area (TPSA) is 118 Å². The molecule has 0 amide bonds. The van der Waals surface area contributed by atoms with Crippen LogP contribution in [0.2, 0.25) is 0 Å². The van der Waals surface area contributed by atoms with Crippen LogP contribution in [-0.2, 0) is 0 Å². The SMILES string of the molecule is CC1(C)CC(O)CC(C)(C)N1CCO.Cc1c(C(=O)O)cccc1C(=O)O. The fourth-order valence-electron chi connectivity index (χ4n) is 4.07. The Bertz CT molecular complexity index is 633. The summed E-state index contributed by atoms with van der Waals surface area (Å²) in [6.07, 6.45) is 1.36. The molecule has 1 aliphatic heterocycles. The minimum Gasteiger partial charge on any atom is -0.478 e. The average Bonchev–Trinajstić information content (AvgIpc) is 2.50. The second-order valence-electron chi connectivity index (χ2n) is 8.15. The lowest BCUT2D eigenvalue weighted by atomic mass is 9.78. The molecule has 4 N–H and O–H groups in total. The quantitative estimate of drug-likeness (QED) is 0.632. The van der Waals surface area contributed by atoms with Gasteiger partial charge in [-0.1, -0.05) is 6.07 Å². The fourth-order valence-corrected chi connectivity index (χ4v) is 4.07. The average molecular weight is 381 g/mol. The van der Waals surface area contributed by atoms with Gasteiger partial charge in [0, 0.05) is 17.6 Å². The maximum Gasteiger partial charge on any atom is 0.335 e. The highest BCUT2D eigenvalue weighted by Gasteiger charge is 2.44. The number of hydrogen-bond acceptors (Lipinski definition) is 5. The Labute approximate surface area is 160 Å². The summed E-state index contributed by atoms with van der Waals surface area (Å²) in [7, 11) is 0. The summed E-state index contributed by atoms with van der Waals surface area (Å²) < 4.78 is 0. The third-order valence-corrected chi connectivity index (χ3v) is 5.05. The second kappa shape index (κ2) is 8.82. The monoisotopic (exact) mass is 381 g/mol. The van der Waals surface area contributed by atoms with Crippen LogP contribution in [0.15, 0.2) is 18.2 Å². The molecular weight excluding hydrogens is 350 g/mol. The summed E-state index contributed by atoms with van der Waals surface area (Å²) in [4.78, 5) is 23.5. The smallest absolute Gasteiger partial charge is 0.335 e. The molecule has 27 heavy (non-hydrogen) atoms. The summed E-state index contributed by atoms with van der Waals surface area (Å²) in [5.74, 6) is -2.22. The van der Waals surface area contributed by atoms with E-state index < -0.39 is 11.9 Å². The molecule has 1 aromatic carbocycles. The van der Waals surface area contributed by atoms with Crippen molar-refractivity contribution in [1.29, 1.82) is 0 Å². The first-order valence-electron chi connectivity index (χ1n) is 8.96. The van der Waals surface area contributed by atoms with Crippen LogP contribution in [0.3, 0.4) is 0 Å². The number of carbonyl (C=O) groups is 2. The van der Waals surface area contributed by atoms with Gasteiger partial charge in [-0.15, -0.1) is 0 Å². The van der Waals surface area contributed by atoms with Gasteiger partial charge in [0.2, 0.25) is 0 Å². The number of aromatic carboxylic acids is 2. The van der Waals surface area contributed by atoms with Crippen molar-refractivity contribution in [1.82, 2.24) is 4.90 Å². The van der Waals surface area contributed by atoms with Crippen LogP contribution in [0.25, 0.3) is 0 Å². The van der Waals surface area contributed by atoms with E-state index in [0.29, 0.717) is 6.54 Å². The number of piperidine rings is 1. The third kappa shape index (κ3) is 5.76. The van der Waals surface area contributed by atoms with Crippen molar-refractivity contribution in [3.63, 3.8) is 0 Å². The molecule has 0 saturated carbocycles. The number of aliphatic hydroxyl groups excluding tert-OH is 2. The van der Waals surface area contributed by atoms with Crippen LogP contribution in [0.5, 0.6) is 0 Å². The summed E-state index contributed by atoms with van der Waals surface area (Å²) in [5.41, 5.74) is 0.288. The van der Waals surface area contributed by atoms with Gasteiger partial charge in [-0.25, -0.2) is 9.59 Å². The van der Waals surface area contributed by atoms with E-state index in [1.54, 1.807) is 0 Å². The first kappa shape index (κ1) is 23.1. The lowest BCUT2D eigenvalue weighted by Gasteiger charge is -2.54. The number of benzene rings is 1. The Morgan fingerprint density at radius 2 is 1.44 bits per heavy atom. The van der Waals surface area contributed by atoms with E-state index in [9.17, 15) is 14.7 Å². The molecule has 1 heterocycles. The Balaban J connectivity index is 0.000000271. The Morgan fingerprint density at radius 3 is 1.78 bits per heavy atom. The molecule has 152 valence electrons. The fraction of sp³-hybridized carbons (Fsp3) is 0.600. The molecule has 0 aliphatic carbocycles. The third-order valence-electron chi connectivity index (χ3n) is 5.05. The number of rotatable bonds is 4.